The van der Waals surface area contributed by atoms with Crippen molar-refractivity contribution < 1.29 is 9.18 Å². The predicted molar refractivity (Wildman–Crippen MR) is 75.9 cm³/mol. The summed E-state index contributed by atoms with van der Waals surface area (Å²) in [5.74, 6) is -0.572. The number of benzene rings is 1. The van der Waals surface area contributed by atoms with Crippen molar-refractivity contribution in [3.63, 3.8) is 0 Å². The van der Waals surface area contributed by atoms with Crippen LogP contribution in [0, 0.1) is 18.2 Å². The molecule has 1 aromatic carbocycles. The quantitative estimate of drug-likeness (QED) is 0.838. The molecule has 1 aliphatic carbocycles. The van der Waals surface area contributed by atoms with Gasteiger partial charge >= 0.3 is 0 Å². The van der Waals surface area contributed by atoms with Crippen LogP contribution in [0.3, 0.4) is 0 Å². The summed E-state index contributed by atoms with van der Waals surface area (Å²) in [5, 5.41) is 2.76. The molecule has 96 valence electrons. The lowest BCUT2D eigenvalue weighted by Gasteiger charge is -2.15. The molecule has 3 nitrogen and oxygen atoms in total. The van der Waals surface area contributed by atoms with E-state index in [1.165, 1.54) is 12.1 Å². The molecule has 6 heteroatoms. The van der Waals surface area contributed by atoms with Crippen molar-refractivity contribution in [2.45, 2.75) is 19.8 Å². The normalized spacial score (nSPS) is 16.2. The van der Waals surface area contributed by atoms with Gasteiger partial charge in [0, 0.05) is 5.69 Å². The highest BCUT2D eigenvalue weighted by Crippen LogP contribution is 2.47. The van der Waals surface area contributed by atoms with E-state index in [1.54, 1.807) is 6.92 Å². The number of thiocarbonyl (C=S) groups is 1. The van der Waals surface area contributed by atoms with E-state index in [2.05, 4.69) is 21.2 Å². The second-order valence-corrected chi connectivity index (χ2v) is 5.78. The van der Waals surface area contributed by atoms with Gasteiger partial charge in [-0.1, -0.05) is 12.2 Å². The zero-order chi connectivity index (χ0) is 13.5. The van der Waals surface area contributed by atoms with Gasteiger partial charge in [-0.2, -0.15) is 0 Å². The third-order valence-corrected chi connectivity index (χ3v) is 4.17. The maximum Gasteiger partial charge on any atom is 0.237 e. The molecule has 0 bridgehead atoms. The minimum Gasteiger partial charge on any atom is -0.392 e. The predicted octanol–water partition coefficient (Wildman–Crippen LogP) is 2.90. The summed E-state index contributed by atoms with van der Waals surface area (Å²) >= 11 is 8.00. The second-order valence-electron chi connectivity index (χ2n) is 4.48. The standard InChI is InChI=1S/C12H12BrFN2OS/c1-6-4-8(14)7(13)5-9(6)16-11(17)12(2-3-12)10(15)18/h4-5H,2-3H2,1H3,(H2,15,18)(H,16,17). The Kier molecular flexibility index (Phi) is 3.42. The van der Waals surface area contributed by atoms with Gasteiger partial charge in [0.15, 0.2) is 0 Å². The molecule has 1 saturated carbocycles. The molecule has 0 spiro atoms. The van der Waals surface area contributed by atoms with Crippen LogP contribution < -0.4 is 11.1 Å². The largest absolute Gasteiger partial charge is 0.392 e. The number of hydrogen-bond acceptors (Lipinski definition) is 2. The van der Waals surface area contributed by atoms with Gasteiger partial charge < -0.3 is 11.1 Å². The molecular weight excluding hydrogens is 319 g/mol. The topological polar surface area (TPSA) is 55.1 Å². The van der Waals surface area contributed by atoms with Crippen molar-refractivity contribution >= 4 is 44.7 Å². The summed E-state index contributed by atoms with van der Waals surface area (Å²) < 4.78 is 13.6. The van der Waals surface area contributed by atoms with Crippen LogP contribution in [0.5, 0.6) is 0 Å². The lowest BCUT2D eigenvalue weighted by molar-refractivity contribution is -0.118. The Morgan fingerprint density at radius 1 is 1.56 bits per heavy atom. The third-order valence-electron chi connectivity index (χ3n) is 3.17. The summed E-state index contributed by atoms with van der Waals surface area (Å²) in [6.07, 6.45) is 1.35. The molecule has 0 aromatic heterocycles. The Morgan fingerprint density at radius 3 is 2.67 bits per heavy atom. The third kappa shape index (κ3) is 2.27. The van der Waals surface area contributed by atoms with Gasteiger partial charge in [0.1, 0.15) is 5.82 Å². The molecule has 18 heavy (non-hydrogen) atoms. The van der Waals surface area contributed by atoms with Crippen molar-refractivity contribution in [1.82, 2.24) is 0 Å². The molecule has 2 rings (SSSR count). The number of carbonyl (C=O) groups excluding carboxylic acids is 1. The lowest BCUT2D eigenvalue weighted by atomic mass is 10.1. The van der Waals surface area contributed by atoms with Crippen molar-refractivity contribution in [3.05, 3.63) is 28.0 Å². The molecule has 0 aliphatic heterocycles. The Labute approximate surface area is 118 Å². The highest BCUT2D eigenvalue weighted by Gasteiger charge is 2.52. The van der Waals surface area contributed by atoms with Gasteiger partial charge in [-0.3, -0.25) is 4.79 Å². The smallest absolute Gasteiger partial charge is 0.237 e. The Balaban J connectivity index is 2.23. The van der Waals surface area contributed by atoms with Crippen LogP contribution >= 0.6 is 28.1 Å². The number of amides is 1. The van der Waals surface area contributed by atoms with Gasteiger partial charge in [0.05, 0.1) is 14.9 Å². The molecule has 1 fully saturated rings. The maximum atomic E-state index is 13.3. The van der Waals surface area contributed by atoms with E-state index >= 15 is 0 Å². The average Bonchev–Trinajstić information content (AvgIpc) is 3.06. The molecule has 1 aromatic rings. The molecule has 0 atom stereocenters. The first-order valence-electron chi connectivity index (χ1n) is 5.44. The minimum atomic E-state index is -0.706. The number of hydrogen-bond donors (Lipinski definition) is 2. The number of aryl methyl sites for hydroxylation is 1. The van der Waals surface area contributed by atoms with Crippen molar-refractivity contribution in [1.29, 1.82) is 0 Å². The van der Waals surface area contributed by atoms with Gasteiger partial charge in [0.2, 0.25) is 5.91 Å². The summed E-state index contributed by atoms with van der Waals surface area (Å²) in [5.41, 5.74) is 6.10. The van der Waals surface area contributed by atoms with Crippen LogP contribution in [-0.4, -0.2) is 10.9 Å². The molecule has 0 saturated heterocycles. The van der Waals surface area contributed by atoms with E-state index in [0.29, 0.717) is 28.6 Å². The first-order valence-corrected chi connectivity index (χ1v) is 6.64. The summed E-state index contributed by atoms with van der Waals surface area (Å²) in [7, 11) is 0. The fraction of sp³-hybridized carbons (Fsp3) is 0.333. The molecule has 0 radical (unpaired) electrons. The molecule has 3 N–H and O–H groups in total. The Hall–Kier alpha value is -1.01. The summed E-state index contributed by atoms with van der Waals surface area (Å²) in [4.78, 5) is 12.3. The van der Waals surface area contributed by atoms with Crippen molar-refractivity contribution in [2.75, 3.05) is 5.32 Å². The zero-order valence-electron chi connectivity index (χ0n) is 9.72. The van der Waals surface area contributed by atoms with E-state index in [0.717, 1.165) is 0 Å². The Morgan fingerprint density at radius 2 is 2.17 bits per heavy atom. The molecule has 0 unspecified atom stereocenters. The Bertz CT molecular complexity index is 543. The lowest BCUT2D eigenvalue weighted by Crippen LogP contribution is -2.35. The molecule has 0 heterocycles. The summed E-state index contributed by atoms with van der Waals surface area (Å²) in [6.45, 7) is 1.73. The van der Waals surface area contributed by atoms with E-state index in [4.69, 9.17) is 18.0 Å². The van der Waals surface area contributed by atoms with Crippen LogP contribution in [0.1, 0.15) is 18.4 Å². The van der Waals surface area contributed by atoms with E-state index < -0.39 is 5.41 Å². The first kappa shape index (κ1) is 13.4. The van der Waals surface area contributed by atoms with Gasteiger partial charge in [-0.15, -0.1) is 0 Å². The fourth-order valence-corrected chi connectivity index (χ4v) is 2.37. The van der Waals surface area contributed by atoms with Gasteiger partial charge in [0.25, 0.3) is 0 Å². The summed E-state index contributed by atoms with van der Waals surface area (Å²) in [6, 6.07) is 2.90. The van der Waals surface area contributed by atoms with Gasteiger partial charge in [-0.25, -0.2) is 4.39 Å². The fourth-order valence-electron chi connectivity index (χ4n) is 1.73. The highest BCUT2D eigenvalue weighted by atomic mass is 79.9. The molecular formula is C12H12BrFN2OS. The second kappa shape index (κ2) is 4.59. The molecule has 1 aliphatic rings. The number of nitrogens with one attached hydrogen (secondary N) is 1. The van der Waals surface area contributed by atoms with Crippen molar-refractivity contribution in [2.24, 2.45) is 11.1 Å². The van der Waals surface area contributed by atoms with E-state index in [9.17, 15) is 9.18 Å². The number of halogens is 2. The van der Waals surface area contributed by atoms with Crippen molar-refractivity contribution in [3.8, 4) is 0 Å². The first-order chi connectivity index (χ1) is 8.36. The minimum absolute atomic E-state index is 0.211. The number of carbonyl (C=O) groups is 1. The van der Waals surface area contributed by atoms with E-state index in [1.807, 2.05) is 0 Å². The van der Waals surface area contributed by atoms with Crippen LogP contribution in [0.4, 0.5) is 10.1 Å². The zero-order valence-corrected chi connectivity index (χ0v) is 12.1. The monoisotopic (exact) mass is 330 g/mol. The SMILES string of the molecule is Cc1cc(F)c(Br)cc1NC(=O)C1(C(N)=S)CC1. The maximum absolute atomic E-state index is 13.3. The van der Waals surface area contributed by atoms with Crippen LogP contribution in [0.25, 0.3) is 0 Å². The van der Waals surface area contributed by atoms with E-state index in [-0.39, 0.29) is 16.7 Å². The van der Waals surface area contributed by atoms with Crippen LogP contribution in [-0.2, 0) is 4.79 Å². The van der Waals surface area contributed by atoms with Gasteiger partial charge in [-0.05, 0) is 53.4 Å². The number of rotatable bonds is 3. The average molecular weight is 331 g/mol. The van der Waals surface area contributed by atoms with Crippen LogP contribution in [0.15, 0.2) is 16.6 Å². The highest BCUT2D eigenvalue weighted by molar-refractivity contribution is 9.10. The number of anilines is 1. The van der Waals surface area contributed by atoms with Crippen LogP contribution in [0.2, 0.25) is 0 Å². The molecule has 1 amide bonds. The number of nitrogens with two attached hydrogens (primary N) is 1.